The van der Waals surface area contributed by atoms with Gasteiger partial charge >= 0.3 is 0 Å². The quantitative estimate of drug-likeness (QED) is 0.865. The van der Waals surface area contributed by atoms with E-state index in [1.807, 2.05) is 12.1 Å². The van der Waals surface area contributed by atoms with Crippen molar-refractivity contribution in [1.82, 2.24) is 5.32 Å². The maximum Gasteiger partial charge on any atom is 0.123 e. The predicted octanol–water partition coefficient (Wildman–Crippen LogP) is 3.46. The second kappa shape index (κ2) is 6.23. The third-order valence-corrected chi connectivity index (χ3v) is 4.38. The topological polar surface area (TPSA) is 32.3 Å². The fraction of sp³-hybridized carbons (Fsp3) is 0.647. The zero-order valence-corrected chi connectivity index (χ0v) is 12.7. The second-order valence-corrected chi connectivity index (χ2v) is 7.01. The number of benzene rings is 1. The predicted molar refractivity (Wildman–Crippen MR) is 80.2 cm³/mol. The van der Waals surface area contributed by atoms with Crippen molar-refractivity contribution in [3.63, 3.8) is 0 Å². The summed E-state index contributed by atoms with van der Waals surface area (Å²) in [6.07, 6.45) is 2.99. The van der Waals surface area contributed by atoms with Crippen molar-refractivity contribution in [3.8, 4) is 0 Å². The van der Waals surface area contributed by atoms with Crippen LogP contribution >= 0.6 is 0 Å². The van der Waals surface area contributed by atoms with E-state index in [2.05, 4.69) is 26.1 Å². The van der Waals surface area contributed by atoms with Gasteiger partial charge in [0.15, 0.2) is 0 Å². The van der Waals surface area contributed by atoms with E-state index < -0.39 is 0 Å². The first kappa shape index (κ1) is 15.5. The highest BCUT2D eigenvalue weighted by Crippen LogP contribution is 2.38. The number of aliphatic hydroxyl groups excluding tert-OH is 1. The fourth-order valence-electron chi connectivity index (χ4n) is 2.94. The van der Waals surface area contributed by atoms with Gasteiger partial charge in [-0.2, -0.15) is 0 Å². The highest BCUT2D eigenvalue weighted by molar-refractivity contribution is 5.23. The lowest BCUT2D eigenvalue weighted by molar-refractivity contribution is 0.157. The van der Waals surface area contributed by atoms with Crippen LogP contribution in [-0.4, -0.2) is 23.8 Å². The molecule has 0 aromatic heterocycles. The number of hydrogen-bond donors (Lipinski definition) is 2. The molecule has 0 aliphatic heterocycles. The van der Waals surface area contributed by atoms with E-state index in [0.717, 1.165) is 19.3 Å². The third-order valence-electron chi connectivity index (χ3n) is 4.38. The molecule has 0 spiro atoms. The molecule has 2 rings (SSSR count). The molecule has 0 amide bonds. The lowest BCUT2D eigenvalue weighted by Gasteiger charge is -2.42. The molecule has 1 saturated carbocycles. The molecular formula is C17H26FNO. The molecule has 112 valence electrons. The second-order valence-electron chi connectivity index (χ2n) is 7.01. The van der Waals surface area contributed by atoms with E-state index in [0.29, 0.717) is 18.0 Å². The van der Waals surface area contributed by atoms with Gasteiger partial charge < -0.3 is 10.4 Å². The number of hydrogen-bond acceptors (Lipinski definition) is 2. The van der Waals surface area contributed by atoms with Crippen LogP contribution in [0, 0.1) is 11.2 Å². The van der Waals surface area contributed by atoms with Gasteiger partial charge in [-0.1, -0.05) is 32.9 Å². The Bertz CT molecular complexity index is 418. The van der Waals surface area contributed by atoms with Crippen molar-refractivity contribution in [1.29, 1.82) is 0 Å². The summed E-state index contributed by atoms with van der Waals surface area (Å²) < 4.78 is 12.9. The molecule has 1 aliphatic rings. The largest absolute Gasteiger partial charge is 0.396 e. The normalized spacial score (nSPS) is 24.2. The van der Waals surface area contributed by atoms with Crippen LogP contribution in [0.3, 0.4) is 0 Å². The summed E-state index contributed by atoms with van der Waals surface area (Å²) in [6, 6.07) is 7.73. The van der Waals surface area contributed by atoms with Crippen LogP contribution in [0.5, 0.6) is 0 Å². The van der Waals surface area contributed by atoms with Crippen LogP contribution in [0.25, 0.3) is 0 Å². The maximum absolute atomic E-state index is 12.9. The van der Waals surface area contributed by atoms with Gasteiger partial charge in [-0.15, -0.1) is 0 Å². The molecule has 20 heavy (non-hydrogen) atoms. The van der Waals surface area contributed by atoms with Crippen LogP contribution in [0.1, 0.15) is 51.5 Å². The van der Waals surface area contributed by atoms with Gasteiger partial charge in [-0.3, -0.25) is 0 Å². The summed E-state index contributed by atoms with van der Waals surface area (Å²) >= 11 is 0. The molecular weight excluding hydrogens is 253 g/mol. The Morgan fingerprint density at radius 2 is 1.85 bits per heavy atom. The maximum atomic E-state index is 12.9. The van der Waals surface area contributed by atoms with E-state index in [-0.39, 0.29) is 17.8 Å². The Morgan fingerprint density at radius 1 is 1.25 bits per heavy atom. The molecule has 1 aromatic carbocycles. The summed E-state index contributed by atoms with van der Waals surface area (Å²) in [5.41, 5.74) is 1.39. The molecule has 2 N–H and O–H groups in total. The lowest BCUT2D eigenvalue weighted by Crippen LogP contribution is -2.50. The van der Waals surface area contributed by atoms with E-state index >= 15 is 0 Å². The van der Waals surface area contributed by atoms with E-state index in [4.69, 9.17) is 0 Å². The molecule has 0 saturated heterocycles. The van der Waals surface area contributed by atoms with Crippen LogP contribution in [0.15, 0.2) is 24.3 Å². The first-order chi connectivity index (χ1) is 9.40. The number of halogens is 1. The molecule has 1 unspecified atom stereocenters. The third kappa shape index (κ3) is 3.80. The summed E-state index contributed by atoms with van der Waals surface area (Å²) in [5.74, 6) is 0.376. The van der Waals surface area contributed by atoms with Crippen molar-refractivity contribution in [2.24, 2.45) is 5.41 Å². The van der Waals surface area contributed by atoms with E-state index in [9.17, 15) is 9.50 Å². The van der Waals surface area contributed by atoms with Crippen LogP contribution < -0.4 is 5.32 Å². The van der Waals surface area contributed by atoms with Crippen molar-refractivity contribution in [2.45, 2.75) is 58.0 Å². The summed E-state index contributed by atoms with van der Waals surface area (Å²) in [7, 11) is 0. The highest BCUT2D eigenvalue weighted by atomic mass is 19.1. The van der Waals surface area contributed by atoms with Gasteiger partial charge in [0, 0.05) is 18.7 Å². The minimum absolute atomic E-state index is 0.156. The standard InChI is InChI=1S/C17H26FNO/c1-17(2,3)16(8-9-20)19-15-10-13(11-15)12-4-6-14(18)7-5-12/h4-7,13,15-16,19-20H,8-11H2,1-3H3. The molecule has 0 bridgehead atoms. The number of rotatable bonds is 5. The summed E-state index contributed by atoms with van der Waals surface area (Å²) in [6.45, 7) is 6.84. The molecule has 3 heteroatoms. The zero-order valence-electron chi connectivity index (χ0n) is 12.7. The number of aliphatic hydroxyl groups is 1. The van der Waals surface area contributed by atoms with Crippen LogP contribution in [-0.2, 0) is 0 Å². The van der Waals surface area contributed by atoms with Gasteiger partial charge in [0.25, 0.3) is 0 Å². The highest BCUT2D eigenvalue weighted by Gasteiger charge is 2.34. The molecule has 2 nitrogen and oxygen atoms in total. The van der Waals surface area contributed by atoms with Gasteiger partial charge in [0.2, 0.25) is 0 Å². The van der Waals surface area contributed by atoms with Crippen LogP contribution in [0.4, 0.5) is 4.39 Å². The minimum atomic E-state index is -0.168. The van der Waals surface area contributed by atoms with Gasteiger partial charge in [0.05, 0.1) is 0 Å². The summed E-state index contributed by atoms with van der Waals surface area (Å²) in [4.78, 5) is 0. The summed E-state index contributed by atoms with van der Waals surface area (Å²) in [5, 5.41) is 12.9. The monoisotopic (exact) mass is 279 g/mol. The Kier molecular flexibility index (Phi) is 4.82. The van der Waals surface area contributed by atoms with Crippen molar-refractivity contribution >= 4 is 0 Å². The Labute approximate surface area is 121 Å². The molecule has 1 aromatic rings. The van der Waals surface area contributed by atoms with Gasteiger partial charge in [-0.25, -0.2) is 4.39 Å². The lowest BCUT2D eigenvalue weighted by atomic mass is 9.74. The van der Waals surface area contributed by atoms with Crippen molar-refractivity contribution in [2.75, 3.05) is 6.61 Å². The smallest absolute Gasteiger partial charge is 0.123 e. The van der Waals surface area contributed by atoms with Crippen molar-refractivity contribution < 1.29 is 9.50 Å². The molecule has 0 radical (unpaired) electrons. The molecule has 1 atom stereocenters. The Hall–Kier alpha value is -0.930. The Balaban J connectivity index is 1.85. The first-order valence-electron chi connectivity index (χ1n) is 7.52. The number of nitrogens with one attached hydrogen (secondary N) is 1. The SMILES string of the molecule is CC(C)(C)C(CCO)NC1CC(c2ccc(F)cc2)C1. The van der Waals surface area contributed by atoms with Crippen LogP contribution in [0.2, 0.25) is 0 Å². The molecule has 0 heterocycles. The fourth-order valence-corrected chi connectivity index (χ4v) is 2.94. The zero-order chi connectivity index (χ0) is 14.8. The van der Waals surface area contributed by atoms with E-state index in [1.165, 1.54) is 5.56 Å². The Morgan fingerprint density at radius 3 is 2.35 bits per heavy atom. The average Bonchev–Trinajstić information content (AvgIpc) is 2.32. The van der Waals surface area contributed by atoms with Crippen molar-refractivity contribution in [3.05, 3.63) is 35.6 Å². The average molecular weight is 279 g/mol. The first-order valence-corrected chi connectivity index (χ1v) is 7.52. The molecule has 1 aliphatic carbocycles. The van der Waals surface area contributed by atoms with E-state index in [1.54, 1.807) is 12.1 Å². The minimum Gasteiger partial charge on any atom is -0.396 e. The molecule has 1 fully saturated rings. The van der Waals surface area contributed by atoms with Gasteiger partial charge in [0.1, 0.15) is 5.82 Å². The van der Waals surface area contributed by atoms with Gasteiger partial charge in [-0.05, 0) is 48.3 Å².